The van der Waals surface area contributed by atoms with Gasteiger partial charge in [0, 0.05) is 6.20 Å². The number of carboxylic acids is 1. The molecule has 1 fully saturated rings. The monoisotopic (exact) mass is 288 g/mol. The van der Waals surface area contributed by atoms with Crippen molar-refractivity contribution in [1.29, 1.82) is 0 Å². The molecule has 1 aromatic heterocycles. The summed E-state index contributed by atoms with van der Waals surface area (Å²) in [6.45, 7) is 1.62. The number of carbonyl (C=O) groups excluding carboxylic acids is 2. The highest BCUT2D eigenvalue weighted by atomic mass is 16.4. The molecule has 21 heavy (non-hydrogen) atoms. The molecular weight excluding hydrogens is 272 g/mol. The molecular formula is C15H16N2O4. The summed E-state index contributed by atoms with van der Waals surface area (Å²) in [5.41, 5.74) is -0.701. The molecule has 0 saturated heterocycles. The Hall–Kier alpha value is -2.24. The van der Waals surface area contributed by atoms with Gasteiger partial charge in [0.1, 0.15) is 5.69 Å². The van der Waals surface area contributed by atoms with Gasteiger partial charge in [-0.15, -0.1) is 0 Å². The minimum Gasteiger partial charge on any atom is -0.481 e. The van der Waals surface area contributed by atoms with Gasteiger partial charge in [0.15, 0.2) is 0 Å². The fraction of sp³-hybridized carbons (Fsp3) is 0.467. The first kappa shape index (κ1) is 13.7. The van der Waals surface area contributed by atoms with Crippen LogP contribution in [0.2, 0.25) is 0 Å². The van der Waals surface area contributed by atoms with Crippen LogP contribution in [0.25, 0.3) is 0 Å². The van der Waals surface area contributed by atoms with Crippen molar-refractivity contribution in [2.45, 2.75) is 38.6 Å². The van der Waals surface area contributed by atoms with Gasteiger partial charge in [-0.1, -0.05) is 12.8 Å². The summed E-state index contributed by atoms with van der Waals surface area (Å²) < 4.78 is 0. The van der Waals surface area contributed by atoms with Gasteiger partial charge in [-0.25, -0.2) is 0 Å². The summed E-state index contributed by atoms with van der Waals surface area (Å²) in [4.78, 5) is 41.7. The lowest BCUT2D eigenvalue weighted by molar-refractivity contribution is -0.153. The van der Waals surface area contributed by atoms with E-state index in [2.05, 4.69) is 4.98 Å². The summed E-state index contributed by atoms with van der Waals surface area (Å²) >= 11 is 0. The molecule has 1 saturated carbocycles. The average Bonchev–Trinajstić information content (AvgIpc) is 2.72. The van der Waals surface area contributed by atoms with Crippen molar-refractivity contribution in [3.05, 3.63) is 29.6 Å². The molecule has 1 aromatic rings. The Bertz CT molecular complexity index is 607. The number of rotatable bonds is 2. The topological polar surface area (TPSA) is 87.6 Å². The smallest absolute Gasteiger partial charge is 0.311 e. The minimum absolute atomic E-state index is 0.126. The van der Waals surface area contributed by atoms with E-state index in [1.54, 1.807) is 19.1 Å². The van der Waals surface area contributed by atoms with Gasteiger partial charge >= 0.3 is 5.97 Å². The van der Waals surface area contributed by atoms with E-state index in [4.69, 9.17) is 0 Å². The molecule has 2 amide bonds. The molecule has 1 aliphatic heterocycles. The Morgan fingerprint density at radius 3 is 2.81 bits per heavy atom. The maximum absolute atomic E-state index is 12.5. The maximum Gasteiger partial charge on any atom is 0.311 e. The second-order valence-electron chi connectivity index (χ2n) is 5.86. The van der Waals surface area contributed by atoms with Crippen LogP contribution < -0.4 is 0 Å². The van der Waals surface area contributed by atoms with Crippen molar-refractivity contribution in [3.8, 4) is 0 Å². The summed E-state index contributed by atoms with van der Waals surface area (Å²) in [5.74, 6) is -1.87. The number of nitrogens with zero attached hydrogens (tertiary/aromatic N) is 2. The molecule has 1 N–H and O–H groups in total. The molecule has 110 valence electrons. The third kappa shape index (κ3) is 1.86. The van der Waals surface area contributed by atoms with E-state index in [0.717, 1.165) is 17.7 Å². The molecule has 1 aliphatic carbocycles. The first-order valence-electron chi connectivity index (χ1n) is 7.03. The van der Waals surface area contributed by atoms with Crippen LogP contribution in [-0.4, -0.2) is 38.8 Å². The number of fused-ring (bicyclic) bond motifs is 1. The second-order valence-corrected chi connectivity index (χ2v) is 5.86. The van der Waals surface area contributed by atoms with Crippen LogP contribution in [0.3, 0.4) is 0 Å². The highest BCUT2D eigenvalue weighted by molar-refractivity contribution is 6.20. The highest BCUT2D eigenvalue weighted by Gasteiger charge is 2.52. The fourth-order valence-electron chi connectivity index (χ4n) is 3.35. The SMILES string of the molecule is CC1(C(=O)O)CCCCC1N1C(=O)c2cccnc2C1=O. The van der Waals surface area contributed by atoms with Crippen LogP contribution >= 0.6 is 0 Å². The van der Waals surface area contributed by atoms with Crippen LogP contribution in [0, 0.1) is 5.41 Å². The third-order valence-corrected chi connectivity index (χ3v) is 4.64. The highest BCUT2D eigenvalue weighted by Crippen LogP contribution is 2.41. The Kier molecular flexibility index (Phi) is 3.04. The van der Waals surface area contributed by atoms with Crippen molar-refractivity contribution < 1.29 is 19.5 Å². The predicted octanol–water partition coefficient (Wildman–Crippen LogP) is 1.71. The summed E-state index contributed by atoms with van der Waals surface area (Å²) in [6, 6.07) is 2.55. The van der Waals surface area contributed by atoms with Crippen molar-refractivity contribution in [2.24, 2.45) is 5.41 Å². The Morgan fingerprint density at radius 2 is 2.14 bits per heavy atom. The average molecular weight is 288 g/mol. The molecule has 2 unspecified atom stereocenters. The van der Waals surface area contributed by atoms with Gasteiger partial charge in [0.25, 0.3) is 11.8 Å². The van der Waals surface area contributed by atoms with Crippen LogP contribution in [0.5, 0.6) is 0 Å². The number of aliphatic carboxylic acids is 1. The van der Waals surface area contributed by atoms with Gasteiger partial charge in [-0.3, -0.25) is 24.3 Å². The lowest BCUT2D eigenvalue weighted by Gasteiger charge is -2.41. The first-order chi connectivity index (χ1) is 9.97. The van der Waals surface area contributed by atoms with Crippen LogP contribution in [-0.2, 0) is 4.79 Å². The minimum atomic E-state index is -1.09. The zero-order valence-corrected chi connectivity index (χ0v) is 11.7. The number of hydrogen-bond acceptors (Lipinski definition) is 4. The lowest BCUT2D eigenvalue weighted by atomic mass is 9.71. The first-order valence-corrected chi connectivity index (χ1v) is 7.03. The number of hydrogen-bond donors (Lipinski definition) is 1. The van der Waals surface area contributed by atoms with Crippen LogP contribution in [0.4, 0.5) is 0 Å². The zero-order valence-electron chi connectivity index (χ0n) is 11.7. The number of imide groups is 1. The number of carbonyl (C=O) groups is 3. The van der Waals surface area contributed by atoms with E-state index in [1.165, 1.54) is 6.20 Å². The van der Waals surface area contributed by atoms with Gasteiger partial charge in [-0.2, -0.15) is 0 Å². The molecule has 2 aliphatic rings. The molecule has 0 radical (unpaired) electrons. The van der Waals surface area contributed by atoms with Gasteiger partial charge in [0.2, 0.25) is 0 Å². The number of aromatic nitrogens is 1. The van der Waals surface area contributed by atoms with E-state index >= 15 is 0 Å². The molecule has 2 atom stereocenters. The van der Waals surface area contributed by atoms with Crippen molar-refractivity contribution in [2.75, 3.05) is 0 Å². The summed E-state index contributed by atoms with van der Waals surface area (Å²) in [5, 5.41) is 9.55. The number of pyridine rings is 1. The molecule has 0 bridgehead atoms. The standard InChI is InChI=1S/C15H16N2O4/c1-15(14(20)21)7-3-2-6-10(15)17-12(18)9-5-4-8-16-11(9)13(17)19/h4-5,8,10H,2-3,6-7H2,1H3,(H,20,21). The van der Waals surface area contributed by atoms with E-state index < -0.39 is 29.2 Å². The van der Waals surface area contributed by atoms with Crippen molar-refractivity contribution in [3.63, 3.8) is 0 Å². The Morgan fingerprint density at radius 1 is 1.38 bits per heavy atom. The molecule has 0 aromatic carbocycles. The van der Waals surface area contributed by atoms with E-state index in [0.29, 0.717) is 12.8 Å². The van der Waals surface area contributed by atoms with Gasteiger partial charge < -0.3 is 5.11 Å². The number of carboxylic acid groups (broad SMARTS) is 1. The van der Waals surface area contributed by atoms with Crippen molar-refractivity contribution >= 4 is 17.8 Å². The Labute approximate surface area is 121 Å². The summed E-state index contributed by atoms with van der Waals surface area (Å²) in [6.07, 6.45) is 4.06. The Balaban J connectivity index is 2.03. The largest absolute Gasteiger partial charge is 0.481 e. The molecule has 6 nitrogen and oxygen atoms in total. The molecule has 2 heterocycles. The second kappa shape index (κ2) is 4.65. The maximum atomic E-state index is 12.5. The molecule has 0 spiro atoms. The van der Waals surface area contributed by atoms with Crippen molar-refractivity contribution in [1.82, 2.24) is 9.88 Å². The number of amides is 2. The normalized spacial score (nSPS) is 28.6. The van der Waals surface area contributed by atoms with Crippen LogP contribution in [0.15, 0.2) is 18.3 Å². The van der Waals surface area contributed by atoms with E-state index in [9.17, 15) is 19.5 Å². The van der Waals surface area contributed by atoms with Gasteiger partial charge in [-0.05, 0) is 31.9 Å². The molecule has 6 heteroatoms. The zero-order chi connectivity index (χ0) is 15.2. The summed E-state index contributed by atoms with van der Waals surface area (Å²) in [7, 11) is 0. The predicted molar refractivity (Wildman–Crippen MR) is 72.7 cm³/mol. The fourth-order valence-corrected chi connectivity index (χ4v) is 3.35. The van der Waals surface area contributed by atoms with E-state index in [1.807, 2.05) is 0 Å². The van der Waals surface area contributed by atoms with Crippen LogP contribution in [0.1, 0.15) is 53.5 Å². The van der Waals surface area contributed by atoms with E-state index in [-0.39, 0.29) is 11.3 Å². The third-order valence-electron chi connectivity index (χ3n) is 4.64. The molecule has 3 rings (SSSR count). The lowest BCUT2D eigenvalue weighted by Crippen LogP contribution is -2.54. The van der Waals surface area contributed by atoms with Gasteiger partial charge in [0.05, 0.1) is 17.0 Å². The quantitative estimate of drug-likeness (QED) is 0.837.